The number of carbonyl (C=O) groups is 1. The molecule has 24 heavy (non-hydrogen) atoms. The zero-order chi connectivity index (χ0) is 17.3. The van der Waals surface area contributed by atoms with E-state index >= 15 is 0 Å². The molecule has 1 aliphatic carbocycles. The molecule has 4 nitrogen and oxygen atoms in total. The summed E-state index contributed by atoms with van der Waals surface area (Å²) in [6.45, 7) is 9.82. The van der Waals surface area contributed by atoms with Gasteiger partial charge in [-0.15, -0.1) is 0 Å². The summed E-state index contributed by atoms with van der Waals surface area (Å²) in [5, 5.41) is 2.78. The lowest BCUT2D eigenvalue weighted by Crippen LogP contribution is -2.56. The van der Waals surface area contributed by atoms with Gasteiger partial charge in [-0.25, -0.2) is 4.79 Å². The van der Waals surface area contributed by atoms with Crippen molar-refractivity contribution in [2.24, 2.45) is 23.2 Å². The average Bonchev–Trinajstić information content (AvgIpc) is 2.54. The third kappa shape index (κ3) is 2.95. The van der Waals surface area contributed by atoms with Gasteiger partial charge in [0.05, 0.1) is 12.7 Å². The number of hydrogen-bond acceptors (Lipinski definition) is 3. The molecular formula is C20H27NO3. The first-order chi connectivity index (χ1) is 11.4. The number of amides is 1. The molecule has 1 heterocycles. The summed E-state index contributed by atoms with van der Waals surface area (Å²) in [6, 6.07) is 9.37. The first-order valence-corrected chi connectivity index (χ1v) is 8.73. The number of anilines is 1. The molecule has 1 amide bonds. The van der Waals surface area contributed by atoms with E-state index in [0.717, 1.165) is 5.69 Å². The summed E-state index contributed by atoms with van der Waals surface area (Å²) in [7, 11) is 0. The van der Waals surface area contributed by atoms with E-state index in [0.29, 0.717) is 31.0 Å². The largest absolute Gasteiger partial charge is 0.449 e. The Balaban J connectivity index is 1.70. The number of ether oxygens (including phenoxy) is 2. The fraction of sp³-hybridized carbons (Fsp3) is 0.550. The van der Waals surface area contributed by atoms with Gasteiger partial charge in [0.1, 0.15) is 6.61 Å². The Hall–Kier alpha value is -1.81. The summed E-state index contributed by atoms with van der Waals surface area (Å²) in [4.78, 5) is 12.2. The third-order valence-electron chi connectivity index (χ3n) is 6.00. The van der Waals surface area contributed by atoms with E-state index in [4.69, 9.17) is 9.47 Å². The highest BCUT2D eigenvalue weighted by molar-refractivity contribution is 5.84. The standard InChI is InChI=1S/C20H27NO3/c1-13-10-14(2)20(11-23-16(4)18(13)15(20)3)12-24-19(22)21-17-8-6-5-7-9-17/h5-10,14-16,18H,11-12H2,1-4H3,(H,21,22)/t14-,15+,16+,18+,20+/m1/s1. The Kier molecular flexibility index (Phi) is 4.68. The number of allylic oxidation sites excluding steroid dienone is 1. The van der Waals surface area contributed by atoms with E-state index in [1.165, 1.54) is 5.57 Å². The Morgan fingerprint density at radius 2 is 2.00 bits per heavy atom. The molecule has 0 spiro atoms. The lowest BCUT2D eigenvalue weighted by Gasteiger charge is -2.54. The van der Waals surface area contributed by atoms with Crippen LogP contribution < -0.4 is 5.32 Å². The number of benzene rings is 1. The molecule has 0 aromatic heterocycles. The van der Waals surface area contributed by atoms with Crippen LogP contribution in [0.3, 0.4) is 0 Å². The molecule has 0 radical (unpaired) electrons. The van der Waals surface area contributed by atoms with Crippen molar-refractivity contribution in [2.75, 3.05) is 18.5 Å². The fourth-order valence-electron chi connectivity index (χ4n) is 4.45. The van der Waals surface area contributed by atoms with Crippen LogP contribution in [0.25, 0.3) is 0 Å². The highest BCUT2D eigenvalue weighted by atomic mass is 16.6. The zero-order valence-corrected chi connectivity index (χ0v) is 14.9. The van der Waals surface area contributed by atoms with Gasteiger partial charge in [-0.2, -0.15) is 0 Å². The molecule has 130 valence electrons. The number of rotatable bonds is 3. The van der Waals surface area contributed by atoms with Crippen LogP contribution in [0, 0.1) is 23.2 Å². The summed E-state index contributed by atoms with van der Waals surface area (Å²) in [5.74, 6) is 1.14. The molecule has 2 aliphatic rings. The van der Waals surface area contributed by atoms with Crippen molar-refractivity contribution in [3.8, 4) is 0 Å². The van der Waals surface area contributed by atoms with Crippen molar-refractivity contribution in [3.05, 3.63) is 42.0 Å². The van der Waals surface area contributed by atoms with Gasteiger partial charge in [0.25, 0.3) is 0 Å². The van der Waals surface area contributed by atoms with Gasteiger partial charge in [-0.1, -0.05) is 43.7 Å². The Morgan fingerprint density at radius 1 is 1.29 bits per heavy atom. The van der Waals surface area contributed by atoms with E-state index in [2.05, 4.69) is 39.1 Å². The second-order valence-electron chi connectivity index (χ2n) is 7.33. The van der Waals surface area contributed by atoms with Gasteiger partial charge < -0.3 is 9.47 Å². The minimum absolute atomic E-state index is 0.148. The average molecular weight is 329 g/mol. The van der Waals surface area contributed by atoms with Crippen LogP contribution >= 0.6 is 0 Å². The molecule has 1 N–H and O–H groups in total. The molecule has 3 rings (SSSR count). The molecule has 1 aromatic rings. The maximum atomic E-state index is 12.2. The molecular weight excluding hydrogens is 302 g/mol. The fourth-order valence-corrected chi connectivity index (χ4v) is 4.45. The number of fused-ring (bicyclic) bond motifs is 2. The van der Waals surface area contributed by atoms with E-state index < -0.39 is 6.09 Å². The van der Waals surface area contributed by atoms with Crippen molar-refractivity contribution in [1.82, 2.24) is 0 Å². The van der Waals surface area contributed by atoms with E-state index in [9.17, 15) is 4.79 Å². The van der Waals surface area contributed by atoms with Crippen LogP contribution in [0.15, 0.2) is 42.0 Å². The van der Waals surface area contributed by atoms with Gasteiger partial charge in [0, 0.05) is 17.0 Å². The summed E-state index contributed by atoms with van der Waals surface area (Å²) < 4.78 is 11.7. The minimum Gasteiger partial charge on any atom is -0.449 e. The molecule has 1 aromatic carbocycles. The molecule has 2 bridgehead atoms. The van der Waals surface area contributed by atoms with E-state index in [1.54, 1.807) is 0 Å². The smallest absolute Gasteiger partial charge is 0.411 e. The van der Waals surface area contributed by atoms with Gasteiger partial charge in [-0.05, 0) is 37.8 Å². The van der Waals surface area contributed by atoms with Crippen LogP contribution in [0.1, 0.15) is 27.7 Å². The number of hydrogen-bond donors (Lipinski definition) is 1. The monoisotopic (exact) mass is 329 g/mol. The van der Waals surface area contributed by atoms with Crippen molar-refractivity contribution < 1.29 is 14.3 Å². The predicted octanol–water partition coefficient (Wildman–Crippen LogP) is 4.49. The highest BCUT2D eigenvalue weighted by Crippen LogP contribution is 2.52. The van der Waals surface area contributed by atoms with Crippen LogP contribution in [-0.4, -0.2) is 25.4 Å². The van der Waals surface area contributed by atoms with Crippen LogP contribution in [0.4, 0.5) is 10.5 Å². The maximum Gasteiger partial charge on any atom is 0.411 e. The van der Waals surface area contributed by atoms with Gasteiger partial charge in [0.2, 0.25) is 0 Å². The minimum atomic E-state index is -0.406. The topological polar surface area (TPSA) is 47.6 Å². The maximum absolute atomic E-state index is 12.2. The summed E-state index contributed by atoms with van der Waals surface area (Å²) in [6.07, 6.45) is 2.15. The summed E-state index contributed by atoms with van der Waals surface area (Å²) in [5.41, 5.74) is 1.99. The van der Waals surface area contributed by atoms with Crippen molar-refractivity contribution in [3.63, 3.8) is 0 Å². The van der Waals surface area contributed by atoms with Gasteiger partial charge in [0.15, 0.2) is 0 Å². The Bertz CT molecular complexity index is 627. The lowest BCUT2D eigenvalue weighted by molar-refractivity contribution is -0.156. The van der Waals surface area contributed by atoms with Gasteiger partial charge >= 0.3 is 6.09 Å². The Morgan fingerprint density at radius 3 is 2.71 bits per heavy atom. The normalized spacial score (nSPS) is 35.1. The van der Waals surface area contributed by atoms with Crippen LogP contribution in [-0.2, 0) is 9.47 Å². The van der Waals surface area contributed by atoms with Crippen LogP contribution in [0.5, 0.6) is 0 Å². The van der Waals surface area contributed by atoms with Crippen molar-refractivity contribution >= 4 is 11.8 Å². The highest BCUT2D eigenvalue weighted by Gasteiger charge is 2.53. The van der Waals surface area contributed by atoms with E-state index in [1.807, 2.05) is 30.3 Å². The SMILES string of the molecule is CC1=C[C@@H](C)[C@@]2(COC(=O)Nc3ccccc3)CO[C@@H](C)[C@@H]1[C@@H]2C. The third-order valence-corrected chi connectivity index (χ3v) is 6.00. The van der Waals surface area contributed by atoms with Crippen molar-refractivity contribution in [2.45, 2.75) is 33.8 Å². The second kappa shape index (κ2) is 6.60. The van der Waals surface area contributed by atoms with E-state index in [-0.39, 0.29) is 11.5 Å². The number of para-hydroxylation sites is 1. The summed E-state index contributed by atoms with van der Waals surface area (Å²) >= 11 is 0. The molecule has 1 saturated heterocycles. The zero-order valence-electron chi connectivity index (χ0n) is 14.9. The quantitative estimate of drug-likeness (QED) is 0.831. The molecule has 5 atom stereocenters. The molecule has 0 unspecified atom stereocenters. The van der Waals surface area contributed by atoms with Crippen LogP contribution in [0.2, 0.25) is 0 Å². The number of nitrogens with one attached hydrogen (secondary N) is 1. The first kappa shape index (κ1) is 17.0. The molecule has 1 fully saturated rings. The first-order valence-electron chi connectivity index (χ1n) is 8.73. The molecule has 0 saturated carbocycles. The predicted molar refractivity (Wildman–Crippen MR) is 94.8 cm³/mol. The Labute approximate surface area is 144 Å². The van der Waals surface area contributed by atoms with Crippen molar-refractivity contribution in [1.29, 1.82) is 0 Å². The molecule has 4 heteroatoms. The molecule has 1 aliphatic heterocycles. The lowest BCUT2D eigenvalue weighted by atomic mass is 9.56. The number of carbonyl (C=O) groups excluding carboxylic acids is 1. The van der Waals surface area contributed by atoms with Gasteiger partial charge in [-0.3, -0.25) is 5.32 Å². The second-order valence-corrected chi connectivity index (χ2v) is 7.33.